The van der Waals surface area contributed by atoms with Crippen LogP contribution in [0.3, 0.4) is 0 Å². The summed E-state index contributed by atoms with van der Waals surface area (Å²) in [6, 6.07) is 10.6. The van der Waals surface area contributed by atoms with Crippen LogP contribution in [0, 0.1) is 11.8 Å². The molecular weight excluding hydrogens is 210 g/mol. The Hall–Kier alpha value is -1.50. The van der Waals surface area contributed by atoms with Crippen molar-refractivity contribution in [3.8, 4) is 11.8 Å². The molecule has 3 nitrogen and oxygen atoms in total. The topological polar surface area (TPSA) is 32.5 Å². The number of nitrogens with zero attached hydrogens (tertiary/aromatic N) is 2. The molecule has 0 amide bonds. The Balaban J connectivity index is 1.82. The Morgan fingerprint density at radius 1 is 1.00 bits per heavy atom. The van der Waals surface area contributed by atoms with Crippen LogP contribution in [0.15, 0.2) is 30.3 Å². The predicted molar refractivity (Wildman–Crippen MR) is 71.9 cm³/mol. The summed E-state index contributed by atoms with van der Waals surface area (Å²) in [6.45, 7) is 5.62. The highest BCUT2D eigenvalue weighted by atomic mass is 15.3. The molecule has 0 aliphatic carbocycles. The Labute approximate surface area is 103 Å². The van der Waals surface area contributed by atoms with Crippen LogP contribution < -0.4 is 10.6 Å². The Bertz CT molecular complexity index is 383. The summed E-state index contributed by atoms with van der Waals surface area (Å²) in [5.41, 5.74) is 6.66. The lowest BCUT2D eigenvalue weighted by Gasteiger charge is -2.35. The molecule has 1 aromatic rings. The lowest BCUT2D eigenvalue weighted by molar-refractivity contribution is 0.288. The average Bonchev–Trinajstić information content (AvgIpc) is 2.41. The summed E-state index contributed by atoms with van der Waals surface area (Å²) in [4.78, 5) is 4.80. The normalized spacial score (nSPS) is 16.4. The highest BCUT2D eigenvalue weighted by Crippen LogP contribution is 2.15. The third kappa shape index (κ3) is 3.48. The van der Waals surface area contributed by atoms with Gasteiger partial charge in [0.15, 0.2) is 0 Å². The van der Waals surface area contributed by atoms with Gasteiger partial charge in [0.05, 0.1) is 13.1 Å². The van der Waals surface area contributed by atoms with Gasteiger partial charge in [-0.1, -0.05) is 30.0 Å². The molecule has 1 aliphatic rings. The Morgan fingerprint density at radius 3 is 2.35 bits per heavy atom. The van der Waals surface area contributed by atoms with Crippen LogP contribution in [0.25, 0.3) is 0 Å². The molecule has 2 N–H and O–H groups in total. The van der Waals surface area contributed by atoms with Gasteiger partial charge in [0, 0.05) is 31.9 Å². The van der Waals surface area contributed by atoms with Gasteiger partial charge in [-0.25, -0.2) is 0 Å². The van der Waals surface area contributed by atoms with Crippen LogP contribution in [0.5, 0.6) is 0 Å². The van der Waals surface area contributed by atoms with E-state index < -0.39 is 0 Å². The van der Waals surface area contributed by atoms with Crippen molar-refractivity contribution in [2.24, 2.45) is 5.73 Å². The fraction of sp³-hybridized carbons (Fsp3) is 0.429. The van der Waals surface area contributed by atoms with E-state index in [1.54, 1.807) is 0 Å². The van der Waals surface area contributed by atoms with Gasteiger partial charge in [-0.05, 0) is 12.1 Å². The highest BCUT2D eigenvalue weighted by Gasteiger charge is 2.15. The molecule has 17 heavy (non-hydrogen) atoms. The summed E-state index contributed by atoms with van der Waals surface area (Å²) in [5.74, 6) is 6.00. The van der Waals surface area contributed by atoms with Gasteiger partial charge in [0.2, 0.25) is 0 Å². The largest absolute Gasteiger partial charge is 0.369 e. The summed E-state index contributed by atoms with van der Waals surface area (Å²) >= 11 is 0. The standard InChI is InChI=1S/C14H19N3/c15-8-4-5-9-16-10-12-17(13-11-16)14-6-2-1-3-7-14/h1-3,6-7H,8-13,15H2. The van der Waals surface area contributed by atoms with E-state index in [4.69, 9.17) is 5.73 Å². The number of nitrogens with two attached hydrogens (primary N) is 1. The first-order chi connectivity index (χ1) is 8.40. The third-order valence-electron chi connectivity index (χ3n) is 3.02. The van der Waals surface area contributed by atoms with Crippen molar-refractivity contribution in [3.63, 3.8) is 0 Å². The van der Waals surface area contributed by atoms with Crippen LogP contribution in [0.2, 0.25) is 0 Å². The van der Waals surface area contributed by atoms with Gasteiger partial charge in [0.1, 0.15) is 0 Å². The number of hydrogen-bond donors (Lipinski definition) is 1. The molecule has 0 saturated carbocycles. The van der Waals surface area contributed by atoms with Crippen LogP contribution >= 0.6 is 0 Å². The first-order valence-corrected chi connectivity index (χ1v) is 6.08. The molecular formula is C14H19N3. The average molecular weight is 229 g/mol. The van der Waals surface area contributed by atoms with Crippen molar-refractivity contribution in [2.75, 3.05) is 44.2 Å². The number of piperazine rings is 1. The molecule has 0 radical (unpaired) electrons. The smallest absolute Gasteiger partial charge is 0.0603 e. The summed E-state index contributed by atoms with van der Waals surface area (Å²) < 4.78 is 0. The number of rotatable bonds is 2. The lowest BCUT2D eigenvalue weighted by atomic mass is 10.2. The van der Waals surface area contributed by atoms with Gasteiger partial charge in [-0.2, -0.15) is 0 Å². The number of para-hydroxylation sites is 1. The van der Waals surface area contributed by atoms with E-state index >= 15 is 0 Å². The van der Waals surface area contributed by atoms with Gasteiger partial charge in [0.25, 0.3) is 0 Å². The Kier molecular flexibility index (Phi) is 4.43. The first kappa shape index (κ1) is 12.0. The van der Waals surface area contributed by atoms with Crippen molar-refractivity contribution < 1.29 is 0 Å². The van der Waals surface area contributed by atoms with Crippen LogP contribution in [-0.2, 0) is 0 Å². The predicted octanol–water partition coefficient (Wildman–Crippen LogP) is 0.771. The van der Waals surface area contributed by atoms with E-state index in [0.29, 0.717) is 6.54 Å². The van der Waals surface area contributed by atoms with E-state index in [1.165, 1.54) is 5.69 Å². The molecule has 1 aromatic carbocycles. The molecule has 2 rings (SSSR count). The highest BCUT2D eigenvalue weighted by molar-refractivity contribution is 5.46. The summed E-state index contributed by atoms with van der Waals surface area (Å²) in [7, 11) is 0. The number of benzene rings is 1. The van der Waals surface area contributed by atoms with E-state index in [-0.39, 0.29) is 0 Å². The van der Waals surface area contributed by atoms with E-state index in [2.05, 4.69) is 52.0 Å². The zero-order chi connectivity index (χ0) is 11.9. The zero-order valence-corrected chi connectivity index (χ0v) is 10.1. The van der Waals surface area contributed by atoms with Gasteiger partial charge >= 0.3 is 0 Å². The second-order valence-corrected chi connectivity index (χ2v) is 4.16. The summed E-state index contributed by atoms with van der Waals surface area (Å²) in [6.07, 6.45) is 0. The second kappa shape index (κ2) is 6.29. The molecule has 3 heteroatoms. The van der Waals surface area contributed by atoms with Crippen molar-refractivity contribution in [1.82, 2.24) is 4.90 Å². The van der Waals surface area contributed by atoms with Crippen LogP contribution in [0.1, 0.15) is 0 Å². The minimum atomic E-state index is 0.462. The molecule has 1 heterocycles. The first-order valence-electron chi connectivity index (χ1n) is 6.08. The van der Waals surface area contributed by atoms with Crippen molar-refractivity contribution in [1.29, 1.82) is 0 Å². The lowest BCUT2D eigenvalue weighted by Crippen LogP contribution is -2.46. The maximum Gasteiger partial charge on any atom is 0.0603 e. The fourth-order valence-electron chi connectivity index (χ4n) is 2.04. The molecule has 0 unspecified atom stereocenters. The third-order valence-corrected chi connectivity index (χ3v) is 3.02. The van der Waals surface area contributed by atoms with Crippen LogP contribution in [0.4, 0.5) is 5.69 Å². The SMILES string of the molecule is NCC#CCN1CCN(c2ccccc2)CC1. The van der Waals surface area contributed by atoms with Crippen molar-refractivity contribution >= 4 is 5.69 Å². The minimum Gasteiger partial charge on any atom is -0.369 e. The van der Waals surface area contributed by atoms with E-state index in [1.807, 2.05) is 0 Å². The zero-order valence-electron chi connectivity index (χ0n) is 10.1. The van der Waals surface area contributed by atoms with E-state index in [9.17, 15) is 0 Å². The fourth-order valence-corrected chi connectivity index (χ4v) is 2.04. The molecule has 1 fully saturated rings. The molecule has 0 aromatic heterocycles. The van der Waals surface area contributed by atoms with E-state index in [0.717, 1.165) is 32.7 Å². The monoisotopic (exact) mass is 229 g/mol. The molecule has 1 saturated heterocycles. The Morgan fingerprint density at radius 2 is 1.71 bits per heavy atom. The van der Waals surface area contributed by atoms with Crippen molar-refractivity contribution in [3.05, 3.63) is 30.3 Å². The van der Waals surface area contributed by atoms with Gasteiger partial charge in [-0.3, -0.25) is 4.90 Å². The maximum atomic E-state index is 5.34. The molecule has 1 aliphatic heterocycles. The molecule has 0 atom stereocenters. The van der Waals surface area contributed by atoms with Crippen molar-refractivity contribution in [2.45, 2.75) is 0 Å². The van der Waals surface area contributed by atoms with Gasteiger partial charge < -0.3 is 10.6 Å². The van der Waals surface area contributed by atoms with Crippen LogP contribution in [-0.4, -0.2) is 44.2 Å². The summed E-state index contributed by atoms with van der Waals surface area (Å²) in [5, 5.41) is 0. The number of anilines is 1. The quantitative estimate of drug-likeness (QED) is 0.760. The molecule has 0 spiro atoms. The molecule has 0 bridgehead atoms. The molecule has 90 valence electrons. The maximum absolute atomic E-state index is 5.34. The minimum absolute atomic E-state index is 0.462. The van der Waals surface area contributed by atoms with Gasteiger partial charge in [-0.15, -0.1) is 0 Å². The number of hydrogen-bond acceptors (Lipinski definition) is 3. The second-order valence-electron chi connectivity index (χ2n) is 4.16.